The minimum atomic E-state index is -1.08. The van der Waals surface area contributed by atoms with Crippen LogP contribution >= 0.6 is 11.6 Å². The highest BCUT2D eigenvalue weighted by Gasteiger charge is 1.99. The van der Waals surface area contributed by atoms with Crippen LogP contribution in [0.5, 0.6) is 0 Å². The maximum absolute atomic E-state index is 11.2. The van der Waals surface area contributed by atoms with E-state index >= 15 is 0 Å². The van der Waals surface area contributed by atoms with Gasteiger partial charge in [0, 0.05) is 11.1 Å². The van der Waals surface area contributed by atoms with Gasteiger partial charge in [-0.2, -0.15) is 0 Å². The molecule has 2 N–H and O–H groups in total. The number of rotatable bonds is 4. The van der Waals surface area contributed by atoms with Crippen molar-refractivity contribution in [1.29, 1.82) is 0 Å². The van der Waals surface area contributed by atoms with E-state index in [1.165, 1.54) is 6.08 Å². The molecule has 5 heteroatoms. The molecule has 4 nitrogen and oxygen atoms in total. The van der Waals surface area contributed by atoms with Gasteiger partial charge in [0.2, 0.25) is 5.91 Å². The van der Waals surface area contributed by atoms with E-state index in [9.17, 15) is 9.59 Å². The molecule has 0 aliphatic carbocycles. The van der Waals surface area contributed by atoms with E-state index in [2.05, 4.69) is 5.32 Å². The van der Waals surface area contributed by atoms with Gasteiger partial charge in [0.1, 0.15) is 6.54 Å². The van der Waals surface area contributed by atoms with Crippen LogP contribution in [0.4, 0.5) is 0 Å². The summed E-state index contributed by atoms with van der Waals surface area (Å²) in [4.78, 5) is 21.4. The monoisotopic (exact) mass is 253 g/mol. The maximum atomic E-state index is 11.2. The van der Waals surface area contributed by atoms with Gasteiger partial charge in [-0.25, -0.2) is 0 Å². The largest absolute Gasteiger partial charge is 0.480 e. The number of nitrogens with one attached hydrogen (secondary N) is 1. The van der Waals surface area contributed by atoms with Crippen molar-refractivity contribution in [1.82, 2.24) is 5.32 Å². The van der Waals surface area contributed by atoms with Gasteiger partial charge in [0.05, 0.1) is 0 Å². The summed E-state index contributed by atoms with van der Waals surface area (Å²) in [6, 6.07) is 5.40. The fraction of sp³-hybridized carbons (Fsp3) is 0.167. The first-order chi connectivity index (χ1) is 7.99. The van der Waals surface area contributed by atoms with Gasteiger partial charge in [-0.15, -0.1) is 0 Å². The van der Waals surface area contributed by atoms with Crippen molar-refractivity contribution in [2.24, 2.45) is 0 Å². The van der Waals surface area contributed by atoms with E-state index in [0.717, 1.165) is 11.1 Å². The molecule has 0 unspecified atom stereocenters. The van der Waals surface area contributed by atoms with Crippen LogP contribution in [0, 0.1) is 6.92 Å². The maximum Gasteiger partial charge on any atom is 0.322 e. The predicted octanol–water partition coefficient (Wildman–Crippen LogP) is 1.86. The van der Waals surface area contributed by atoms with Crippen LogP contribution in [0.2, 0.25) is 5.02 Å². The molecule has 1 rings (SSSR count). The van der Waals surface area contributed by atoms with Gasteiger partial charge in [0.25, 0.3) is 0 Å². The van der Waals surface area contributed by atoms with Gasteiger partial charge in [-0.3, -0.25) is 9.59 Å². The Morgan fingerprint density at radius 1 is 1.47 bits per heavy atom. The lowest BCUT2D eigenvalue weighted by Gasteiger charge is -1.99. The van der Waals surface area contributed by atoms with Crippen LogP contribution < -0.4 is 5.32 Å². The number of carboxylic acid groups (broad SMARTS) is 1. The van der Waals surface area contributed by atoms with E-state index in [1.807, 2.05) is 19.1 Å². The van der Waals surface area contributed by atoms with Crippen molar-refractivity contribution in [3.05, 3.63) is 40.4 Å². The summed E-state index contributed by atoms with van der Waals surface area (Å²) in [5.41, 5.74) is 1.74. The summed E-state index contributed by atoms with van der Waals surface area (Å²) in [6.45, 7) is 1.49. The third kappa shape index (κ3) is 4.70. The Balaban J connectivity index is 2.61. The normalized spacial score (nSPS) is 10.5. The van der Waals surface area contributed by atoms with Crippen molar-refractivity contribution in [3.63, 3.8) is 0 Å². The van der Waals surface area contributed by atoms with Crippen LogP contribution in [0.25, 0.3) is 6.08 Å². The number of carboxylic acids is 1. The molecular weight excluding hydrogens is 242 g/mol. The highest BCUT2D eigenvalue weighted by molar-refractivity contribution is 6.31. The van der Waals surface area contributed by atoms with Crippen molar-refractivity contribution in [2.45, 2.75) is 6.92 Å². The Kier molecular flexibility index (Phi) is 4.72. The second-order valence-corrected chi connectivity index (χ2v) is 3.86. The fourth-order valence-electron chi connectivity index (χ4n) is 1.11. The number of hydrogen-bond donors (Lipinski definition) is 2. The van der Waals surface area contributed by atoms with Gasteiger partial charge < -0.3 is 10.4 Å². The van der Waals surface area contributed by atoms with Crippen LogP contribution in [0.3, 0.4) is 0 Å². The summed E-state index contributed by atoms with van der Waals surface area (Å²) >= 11 is 5.92. The zero-order valence-electron chi connectivity index (χ0n) is 9.24. The molecular formula is C12H12ClNO3. The molecule has 90 valence electrons. The lowest BCUT2D eigenvalue weighted by atomic mass is 10.1. The third-order valence-electron chi connectivity index (χ3n) is 2.04. The Hall–Kier alpha value is -1.81. The van der Waals surface area contributed by atoms with E-state index in [-0.39, 0.29) is 0 Å². The Morgan fingerprint density at radius 2 is 2.18 bits per heavy atom. The minimum Gasteiger partial charge on any atom is -0.480 e. The number of carbonyl (C=O) groups is 2. The standard InChI is InChI=1S/C12H12ClNO3/c1-8-2-3-9(6-10(8)13)4-5-11(15)14-7-12(16)17/h2-6H,7H2,1H3,(H,14,15)(H,16,17)/b5-4+. The molecule has 1 aromatic carbocycles. The number of aliphatic carboxylic acids is 1. The van der Waals surface area contributed by atoms with E-state index < -0.39 is 18.4 Å². The number of benzene rings is 1. The predicted molar refractivity (Wildman–Crippen MR) is 65.9 cm³/mol. The lowest BCUT2D eigenvalue weighted by molar-refractivity contribution is -0.137. The first-order valence-corrected chi connectivity index (χ1v) is 5.30. The van der Waals surface area contributed by atoms with Crippen LogP contribution in [0.1, 0.15) is 11.1 Å². The Bertz CT molecular complexity index is 469. The fourth-order valence-corrected chi connectivity index (χ4v) is 1.30. The van der Waals surface area contributed by atoms with Gasteiger partial charge in [0.15, 0.2) is 0 Å². The average Bonchev–Trinajstić information content (AvgIpc) is 2.28. The molecule has 0 aliphatic rings. The van der Waals surface area contributed by atoms with Crippen molar-refractivity contribution in [3.8, 4) is 0 Å². The number of amides is 1. The molecule has 0 spiro atoms. The molecule has 1 aromatic rings. The summed E-state index contributed by atoms with van der Waals surface area (Å²) in [5, 5.41) is 11.2. The highest BCUT2D eigenvalue weighted by atomic mass is 35.5. The summed E-state index contributed by atoms with van der Waals surface area (Å²) < 4.78 is 0. The zero-order valence-corrected chi connectivity index (χ0v) is 9.99. The number of halogens is 1. The summed E-state index contributed by atoms with van der Waals surface area (Å²) in [6.07, 6.45) is 2.84. The van der Waals surface area contributed by atoms with E-state index in [4.69, 9.17) is 16.7 Å². The highest BCUT2D eigenvalue weighted by Crippen LogP contribution is 2.17. The molecule has 0 aromatic heterocycles. The molecule has 0 atom stereocenters. The van der Waals surface area contributed by atoms with Gasteiger partial charge in [-0.05, 0) is 30.2 Å². The molecule has 1 amide bonds. The number of carbonyl (C=O) groups excluding carboxylic acids is 1. The number of hydrogen-bond acceptors (Lipinski definition) is 2. The van der Waals surface area contributed by atoms with Crippen LogP contribution in [-0.2, 0) is 9.59 Å². The molecule has 0 fully saturated rings. The molecule has 0 saturated carbocycles. The lowest BCUT2D eigenvalue weighted by Crippen LogP contribution is -2.27. The third-order valence-corrected chi connectivity index (χ3v) is 2.44. The quantitative estimate of drug-likeness (QED) is 0.805. The minimum absolute atomic E-state index is 0.391. The van der Waals surface area contributed by atoms with Gasteiger partial charge >= 0.3 is 5.97 Å². The summed E-state index contributed by atoms with van der Waals surface area (Å²) in [5.74, 6) is -1.53. The Morgan fingerprint density at radius 3 is 2.76 bits per heavy atom. The average molecular weight is 254 g/mol. The molecule has 0 heterocycles. The zero-order chi connectivity index (χ0) is 12.8. The second-order valence-electron chi connectivity index (χ2n) is 3.45. The molecule has 0 saturated heterocycles. The Labute approximate surface area is 104 Å². The van der Waals surface area contributed by atoms with E-state index in [1.54, 1.807) is 12.1 Å². The van der Waals surface area contributed by atoms with Crippen molar-refractivity contribution >= 4 is 29.6 Å². The van der Waals surface area contributed by atoms with Crippen molar-refractivity contribution in [2.75, 3.05) is 6.54 Å². The van der Waals surface area contributed by atoms with Crippen molar-refractivity contribution < 1.29 is 14.7 Å². The second kappa shape index (κ2) is 6.06. The molecule has 17 heavy (non-hydrogen) atoms. The number of aryl methyl sites for hydroxylation is 1. The smallest absolute Gasteiger partial charge is 0.322 e. The topological polar surface area (TPSA) is 66.4 Å². The molecule has 0 aliphatic heterocycles. The first kappa shape index (κ1) is 13.3. The molecule has 0 radical (unpaired) electrons. The van der Waals surface area contributed by atoms with Gasteiger partial charge in [-0.1, -0.05) is 23.7 Å². The SMILES string of the molecule is Cc1ccc(/C=C/C(=O)NCC(=O)O)cc1Cl. The summed E-state index contributed by atoms with van der Waals surface area (Å²) in [7, 11) is 0. The van der Waals surface area contributed by atoms with E-state index in [0.29, 0.717) is 5.02 Å². The van der Waals surface area contributed by atoms with Crippen LogP contribution in [0.15, 0.2) is 24.3 Å². The van der Waals surface area contributed by atoms with Crippen LogP contribution in [-0.4, -0.2) is 23.5 Å². The molecule has 0 bridgehead atoms. The first-order valence-electron chi connectivity index (χ1n) is 4.93.